The number of hydrogen-bond donors (Lipinski definition) is 1. The summed E-state index contributed by atoms with van der Waals surface area (Å²) in [5, 5.41) is 2.90. The predicted molar refractivity (Wildman–Crippen MR) is 88.0 cm³/mol. The SMILES string of the molecule is CN(C)c1nc(CNC(=O)[C@H]2CCOC2)nc(N2CCOCC2)n1. The number of aromatic nitrogens is 3. The van der Waals surface area contributed by atoms with Gasteiger partial charge in [-0.25, -0.2) is 0 Å². The van der Waals surface area contributed by atoms with E-state index in [4.69, 9.17) is 9.47 Å². The zero-order chi connectivity index (χ0) is 16.9. The molecule has 0 bridgehead atoms. The molecule has 2 aliphatic rings. The van der Waals surface area contributed by atoms with Crippen LogP contribution in [0.25, 0.3) is 0 Å². The van der Waals surface area contributed by atoms with Gasteiger partial charge >= 0.3 is 0 Å². The van der Waals surface area contributed by atoms with Crippen molar-refractivity contribution in [2.45, 2.75) is 13.0 Å². The molecule has 2 aliphatic heterocycles. The summed E-state index contributed by atoms with van der Waals surface area (Å²) in [6.45, 7) is 4.26. The fourth-order valence-corrected chi connectivity index (χ4v) is 2.63. The maximum atomic E-state index is 12.1. The maximum absolute atomic E-state index is 12.1. The highest BCUT2D eigenvalue weighted by molar-refractivity contribution is 5.78. The molecule has 2 fully saturated rings. The molecule has 0 aliphatic carbocycles. The molecular weight excluding hydrogens is 312 g/mol. The van der Waals surface area contributed by atoms with Crippen LogP contribution in [0.4, 0.5) is 11.9 Å². The minimum absolute atomic E-state index is 0.00719. The normalized spacial score (nSPS) is 20.9. The second-order valence-electron chi connectivity index (χ2n) is 6.12. The van der Waals surface area contributed by atoms with Gasteiger partial charge in [-0.1, -0.05) is 0 Å². The molecule has 0 radical (unpaired) electrons. The largest absolute Gasteiger partial charge is 0.381 e. The molecule has 9 nitrogen and oxygen atoms in total. The van der Waals surface area contributed by atoms with Crippen LogP contribution >= 0.6 is 0 Å². The standard InChI is InChI=1S/C15H24N6O3/c1-20(2)14-17-12(9-16-13(22)11-3-6-24-10-11)18-15(19-14)21-4-7-23-8-5-21/h11H,3-10H2,1-2H3,(H,16,22)/t11-/m0/s1. The molecule has 0 aromatic carbocycles. The summed E-state index contributed by atoms with van der Waals surface area (Å²) in [4.78, 5) is 29.5. The van der Waals surface area contributed by atoms with Crippen LogP contribution in [-0.2, 0) is 20.8 Å². The van der Waals surface area contributed by atoms with Crippen molar-refractivity contribution in [1.29, 1.82) is 0 Å². The van der Waals surface area contributed by atoms with Gasteiger partial charge in [0.25, 0.3) is 0 Å². The molecule has 1 amide bonds. The van der Waals surface area contributed by atoms with Crippen molar-refractivity contribution in [3.8, 4) is 0 Å². The average Bonchev–Trinajstić information content (AvgIpc) is 3.15. The summed E-state index contributed by atoms with van der Waals surface area (Å²) in [6, 6.07) is 0. The zero-order valence-corrected chi connectivity index (χ0v) is 14.2. The molecule has 1 aromatic rings. The van der Waals surface area contributed by atoms with E-state index in [-0.39, 0.29) is 18.4 Å². The number of ether oxygens (including phenoxy) is 2. The molecule has 3 rings (SSSR count). The molecule has 1 atom stereocenters. The van der Waals surface area contributed by atoms with Crippen molar-refractivity contribution in [1.82, 2.24) is 20.3 Å². The minimum atomic E-state index is -0.0705. The number of anilines is 2. The molecule has 1 N–H and O–H groups in total. The molecule has 0 saturated carbocycles. The Bertz CT molecular complexity index is 570. The average molecular weight is 336 g/mol. The summed E-state index contributed by atoms with van der Waals surface area (Å²) in [5.41, 5.74) is 0. The topological polar surface area (TPSA) is 92.7 Å². The van der Waals surface area contributed by atoms with Crippen LogP contribution in [0, 0.1) is 5.92 Å². The van der Waals surface area contributed by atoms with Crippen molar-refractivity contribution in [2.75, 3.05) is 63.4 Å². The highest BCUT2D eigenvalue weighted by Crippen LogP contribution is 2.15. The van der Waals surface area contributed by atoms with Gasteiger partial charge in [0.15, 0.2) is 5.82 Å². The van der Waals surface area contributed by atoms with Crippen LogP contribution in [0.1, 0.15) is 12.2 Å². The smallest absolute Gasteiger partial charge is 0.230 e. The van der Waals surface area contributed by atoms with Gasteiger partial charge in [-0.2, -0.15) is 15.0 Å². The number of carbonyl (C=O) groups is 1. The molecule has 2 saturated heterocycles. The summed E-state index contributed by atoms with van der Waals surface area (Å²) < 4.78 is 10.6. The van der Waals surface area contributed by atoms with Gasteiger partial charge in [-0.05, 0) is 6.42 Å². The second-order valence-corrected chi connectivity index (χ2v) is 6.12. The van der Waals surface area contributed by atoms with E-state index in [0.717, 1.165) is 19.5 Å². The van der Waals surface area contributed by atoms with Crippen LogP contribution in [-0.4, -0.2) is 74.5 Å². The Labute approximate surface area is 141 Å². The minimum Gasteiger partial charge on any atom is -0.381 e. The van der Waals surface area contributed by atoms with Gasteiger partial charge in [0, 0.05) is 33.8 Å². The van der Waals surface area contributed by atoms with Gasteiger partial charge < -0.3 is 24.6 Å². The number of amides is 1. The summed E-state index contributed by atoms with van der Waals surface area (Å²) in [7, 11) is 3.77. The van der Waals surface area contributed by atoms with Crippen molar-refractivity contribution >= 4 is 17.8 Å². The summed E-state index contributed by atoms with van der Waals surface area (Å²) in [6.07, 6.45) is 0.769. The van der Waals surface area contributed by atoms with Crippen LogP contribution in [0.3, 0.4) is 0 Å². The van der Waals surface area contributed by atoms with E-state index in [9.17, 15) is 4.79 Å². The van der Waals surface area contributed by atoms with E-state index < -0.39 is 0 Å². The number of nitrogens with zero attached hydrogens (tertiary/aromatic N) is 5. The second kappa shape index (κ2) is 7.71. The molecule has 9 heteroatoms. The molecule has 24 heavy (non-hydrogen) atoms. The first-order valence-electron chi connectivity index (χ1n) is 8.24. The number of rotatable bonds is 5. The third-order valence-corrected chi connectivity index (χ3v) is 4.07. The molecule has 3 heterocycles. The van der Waals surface area contributed by atoms with Gasteiger partial charge in [-0.15, -0.1) is 0 Å². The van der Waals surface area contributed by atoms with Crippen molar-refractivity contribution in [3.63, 3.8) is 0 Å². The van der Waals surface area contributed by atoms with E-state index in [1.54, 1.807) is 0 Å². The van der Waals surface area contributed by atoms with E-state index >= 15 is 0 Å². The van der Waals surface area contributed by atoms with Gasteiger partial charge in [0.1, 0.15) is 0 Å². The first-order chi connectivity index (χ1) is 11.6. The van der Waals surface area contributed by atoms with Gasteiger partial charge in [-0.3, -0.25) is 4.79 Å². The Hall–Kier alpha value is -2.00. The van der Waals surface area contributed by atoms with E-state index in [1.165, 1.54) is 0 Å². The van der Waals surface area contributed by atoms with Gasteiger partial charge in [0.2, 0.25) is 17.8 Å². The number of hydrogen-bond acceptors (Lipinski definition) is 8. The lowest BCUT2D eigenvalue weighted by Gasteiger charge is -2.27. The van der Waals surface area contributed by atoms with E-state index in [2.05, 4.69) is 25.2 Å². The predicted octanol–water partition coefficient (Wildman–Crippen LogP) is -0.573. The first kappa shape index (κ1) is 16.8. The zero-order valence-electron chi connectivity index (χ0n) is 14.2. The lowest BCUT2D eigenvalue weighted by atomic mass is 10.1. The van der Waals surface area contributed by atoms with Crippen molar-refractivity contribution in [2.24, 2.45) is 5.92 Å². The molecule has 0 spiro atoms. The lowest BCUT2D eigenvalue weighted by Crippen LogP contribution is -2.38. The van der Waals surface area contributed by atoms with Crippen molar-refractivity contribution < 1.29 is 14.3 Å². The maximum Gasteiger partial charge on any atom is 0.230 e. The molecule has 132 valence electrons. The Morgan fingerprint density at radius 2 is 2.00 bits per heavy atom. The Kier molecular flexibility index (Phi) is 5.41. The number of nitrogens with one attached hydrogen (secondary N) is 1. The van der Waals surface area contributed by atoms with Crippen LogP contribution in [0.5, 0.6) is 0 Å². The third-order valence-electron chi connectivity index (χ3n) is 4.07. The third kappa shape index (κ3) is 4.09. The Morgan fingerprint density at radius 1 is 1.21 bits per heavy atom. The highest BCUT2D eigenvalue weighted by Gasteiger charge is 2.24. The molecule has 1 aromatic heterocycles. The fraction of sp³-hybridized carbons (Fsp3) is 0.733. The summed E-state index contributed by atoms with van der Waals surface area (Å²) >= 11 is 0. The van der Waals surface area contributed by atoms with Gasteiger partial charge in [0.05, 0.1) is 32.3 Å². The van der Waals surface area contributed by atoms with Crippen LogP contribution < -0.4 is 15.1 Å². The van der Waals surface area contributed by atoms with E-state index in [0.29, 0.717) is 44.1 Å². The summed E-state index contributed by atoms with van der Waals surface area (Å²) in [5.74, 6) is 1.69. The lowest BCUT2D eigenvalue weighted by molar-refractivity contribution is -0.125. The Balaban J connectivity index is 1.70. The van der Waals surface area contributed by atoms with Crippen LogP contribution in [0.2, 0.25) is 0 Å². The Morgan fingerprint density at radius 3 is 2.67 bits per heavy atom. The van der Waals surface area contributed by atoms with Crippen molar-refractivity contribution in [3.05, 3.63) is 5.82 Å². The quantitative estimate of drug-likeness (QED) is 0.764. The highest BCUT2D eigenvalue weighted by atomic mass is 16.5. The monoisotopic (exact) mass is 336 g/mol. The molecule has 0 unspecified atom stereocenters. The van der Waals surface area contributed by atoms with E-state index in [1.807, 2.05) is 19.0 Å². The fourth-order valence-electron chi connectivity index (χ4n) is 2.63. The first-order valence-corrected chi connectivity index (χ1v) is 8.24. The molecular formula is C15H24N6O3. The van der Waals surface area contributed by atoms with Crippen LogP contribution in [0.15, 0.2) is 0 Å². The number of carbonyl (C=O) groups excluding carboxylic acids is 1. The number of morpholine rings is 1.